The average molecular weight is 561 g/mol. The molecule has 8 rings (SSSR count). The molecule has 0 unspecified atom stereocenters. The van der Waals surface area contributed by atoms with E-state index in [1.807, 2.05) is 78.9 Å². The number of hydrogen-bond donors (Lipinski definition) is 0. The first kappa shape index (κ1) is 25.1. The van der Waals surface area contributed by atoms with Crippen LogP contribution in [-0.2, 0) is 0 Å². The van der Waals surface area contributed by atoms with Crippen LogP contribution in [-0.4, -0.2) is 14.1 Å². The molecule has 0 aliphatic carbocycles. The van der Waals surface area contributed by atoms with Gasteiger partial charge in [0.25, 0.3) is 0 Å². The number of aromatic nitrogens is 3. The average Bonchev–Trinajstić information content (AvgIpc) is 3.60. The summed E-state index contributed by atoms with van der Waals surface area (Å²) in [6, 6.07) is 46.3. The second kappa shape index (κ2) is 9.71. The van der Waals surface area contributed by atoms with Crippen molar-refractivity contribution in [1.29, 1.82) is 15.8 Å². The molecule has 0 radical (unpaired) electrons. The van der Waals surface area contributed by atoms with E-state index in [4.69, 9.17) is 4.98 Å². The minimum absolute atomic E-state index is 0.546. The van der Waals surface area contributed by atoms with E-state index in [0.717, 1.165) is 60.6 Å². The maximum absolute atomic E-state index is 9.66. The number of pyridine rings is 1. The van der Waals surface area contributed by atoms with E-state index in [-0.39, 0.29) is 0 Å². The highest BCUT2D eigenvalue weighted by atomic mass is 15.1. The van der Waals surface area contributed by atoms with Gasteiger partial charge in [0, 0.05) is 21.5 Å². The van der Waals surface area contributed by atoms with Crippen LogP contribution in [0.25, 0.3) is 66.4 Å². The molecule has 0 spiro atoms. The molecule has 3 aromatic heterocycles. The molecule has 8 aromatic rings. The van der Waals surface area contributed by atoms with Crippen LogP contribution in [0, 0.1) is 34.0 Å². The summed E-state index contributed by atoms with van der Waals surface area (Å²) < 4.78 is 4.29. The van der Waals surface area contributed by atoms with Crippen molar-refractivity contribution in [3.8, 4) is 41.0 Å². The lowest BCUT2D eigenvalue weighted by Gasteiger charge is -2.15. The Hall–Kier alpha value is -6.68. The van der Waals surface area contributed by atoms with Gasteiger partial charge in [-0.05, 0) is 83.9 Å². The number of nitrogens with zero attached hydrogens (tertiary/aromatic N) is 6. The SMILES string of the molecule is N#Cc1ccc(-c2cc(-n3c4ccccc4c4ccccc43)nc(-n3c4ccc(C#N)cc4c4cc(C#N)ccc43)c2)cc1. The van der Waals surface area contributed by atoms with Gasteiger partial charge in [0.1, 0.15) is 11.6 Å². The molecule has 202 valence electrons. The minimum Gasteiger partial charge on any atom is -0.294 e. The Labute approximate surface area is 252 Å². The van der Waals surface area contributed by atoms with Crippen molar-refractivity contribution in [1.82, 2.24) is 14.1 Å². The molecule has 44 heavy (non-hydrogen) atoms. The zero-order chi connectivity index (χ0) is 29.8. The Kier molecular flexibility index (Phi) is 5.53. The molecule has 6 heteroatoms. The predicted molar refractivity (Wildman–Crippen MR) is 172 cm³/mol. The molecule has 0 saturated carbocycles. The van der Waals surface area contributed by atoms with Crippen molar-refractivity contribution >= 4 is 43.6 Å². The fourth-order valence-corrected chi connectivity index (χ4v) is 6.21. The predicted octanol–water partition coefficient (Wildman–Crippen LogP) is 8.56. The molecule has 0 fully saturated rings. The van der Waals surface area contributed by atoms with Crippen molar-refractivity contribution in [2.24, 2.45) is 0 Å². The van der Waals surface area contributed by atoms with Crippen LogP contribution in [0.3, 0.4) is 0 Å². The number of rotatable bonds is 3. The Bertz CT molecular complexity index is 2460. The van der Waals surface area contributed by atoms with Gasteiger partial charge >= 0.3 is 0 Å². The lowest BCUT2D eigenvalue weighted by molar-refractivity contribution is 1.01. The second-order valence-electron chi connectivity index (χ2n) is 10.7. The molecule has 0 N–H and O–H groups in total. The standard InChI is InChI=1S/C38H20N6/c39-21-24-9-13-27(14-10-24)28-19-37(43-33-7-3-1-5-29(33)30-6-2-4-8-34(30)43)42-38(20-28)44-35-15-11-25(22-40)17-31(35)32-18-26(23-41)12-16-36(32)44/h1-20H. The number of hydrogen-bond acceptors (Lipinski definition) is 4. The minimum atomic E-state index is 0.546. The van der Waals surface area contributed by atoms with Gasteiger partial charge < -0.3 is 0 Å². The van der Waals surface area contributed by atoms with Crippen molar-refractivity contribution in [2.45, 2.75) is 0 Å². The van der Waals surface area contributed by atoms with Gasteiger partial charge in [0.2, 0.25) is 0 Å². The molecule has 0 aliphatic heterocycles. The summed E-state index contributed by atoms with van der Waals surface area (Å²) in [4.78, 5) is 5.31. The summed E-state index contributed by atoms with van der Waals surface area (Å²) in [5, 5.41) is 32.8. The van der Waals surface area contributed by atoms with Gasteiger partial charge in [-0.15, -0.1) is 0 Å². The molecule has 0 saturated heterocycles. The number of fused-ring (bicyclic) bond motifs is 6. The Morgan fingerprint density at radius 3 is 1.32 bits per heavy atom. The maximum atomic E-state index is 9.66. The van der Waals surface area contributed by atoms with Crippen LogP contribution in [0.15, 0.2) is 121 Å². The van der Waals surface area contributed by atoms with E-state index in [2.05, 4.69) is 57.7 Å². The normalized spacial score (nSPS) is 11.1. The number of benzene rings is 5. The van der Waals surface area contributed by atoms with Crippen LogP contribution < -0.4 is 0 Å². The summed E-state index contributed by atoms with van der Waals surface area (Å²) in [7, 11) is 0. The van der Waals surface area contributed by atoms with E-state index >= 15 is 0 Å². The summed E-state index contributed by atoms with van der Waals surface area (Å²) in [5.41, 5.74) is 7.43. The first-order valence-corrected chi connectivity index (χ1v) is 14.1. The zero-order valence-electron chi connectivity index (χ0n) is 23.2. The van der Waals surface area contributed by atoms with Crippen LogP contribution in [0.4, 0.5) is 0 Å². The molecule has 6 nitrogen and oxygen atoms in total. The first-order valence-electron chi connectivity index (χ1n) is 14.1. The summed E-state index contributed by atoms with van der Waals surface area (Å²) in [6.45, 7) is 0. The molecule has 0 atom stereocenters. The highest BCUT2D eigenvalue weighted by Crippen LogP contribution is 2.37. The monoisotopic (exact) mass is 560 g/mol. The highest BCUT2D eigenvalue weighted by Gasteiger charge is 2.19. The lowest BCUT2D eigenvalue weighted by atomic mass is 10.0. The molecular formula is C38H20N6. The van der Waals surface area contributed by atoms with E-state index < -0.39 is 0 Å². The maximum Gasteiger partial charge on any atom is 0.140 e. The first-order chi connectivity index (χ1) is 21.7. The third-order valence-electron chi connectivity index (χ3n) is 8.21. The summed E-state index contributed by atoms with van der Waals surface area (Å²) in [6.07, 6.45) is 0. The van der Waals surface area contributed by atoms with Crippen LogP contribution in [0.1, 0.15) is 16.7 Å². The third kappa shape index (κ3) is 3.75. The van der Waals surface area contributed by atoms with E-state index in [0.29, 0.717) is 22.5 Å². The van der Waals surface area contributed by atoms with E-state index in [1.54, 1.807) is 12.1 Å². The molecule has 0 aliphatic rings. The number of para-hydroxylation sites is 2. The van der Waals surface area contributed by atoms with Crippen LogP contribution in [0.2, 0.25) is 0 Å². The van der Waals surface area contributed by atoms with Crippen LogP contribution in [0.5, 0.6) is 0 Å². The van der Waals surface area contributed by atoms with Crippen molar-refractivity contribution in [3.63, 3.8) is 0 Å². The van der Waals surface area contributed by atoms with E-state index in [1.165, 1.54) is 0 Å². The quantitative estimate of drug-likeness (QED) is 0.216. The largest absolute Gasteiger partial charge is 0.294 e. The van der Waals surface area contributed by atoms with Crippen molar-refractivity contribution in [2.75, 3.05) is 0 Å². The topological polar surface area (TPSA) is 94.1 Å². The molecular weight excluding hydrogens is 540 g/mol. The van der Waals surface area contributed by atoms with Gasteiger partial charge in [-0.25, -0.2) is 4.98 Å². The smallest absolute Gasteiger partial charge is 0.140 e. The number of nitriles is 3. The lowest BCUT2D eigenvalue weighted by Crippen LogP contribution is -2.04. The third-order valence-corrected chi connectivity index (χ3v) is 8.21. The fourth-order valence-electron chi connectivity index (χ4n) is 6.21. The highest BCUT2D eigenvalue weighted by molar-refractivity contribution is 6.11. The molecule has 3 heterocycles. The Morgan fingerprint density at radius 2 is 0.841 bits per heavy atom. The molecule has 0 amide bonds. The van der Waals surface area contributed by atoms with Gasteiger partial charge in [0.15, 0.2) is 0 Å². The Balaban J connectivity index is 1.49. The molecule has 5 aromatic carbocycles. The zero-order valence-corrected chi connectivity index (χ0v) is 23.2. The van der Waals surface area contributed by atoms with Gasteiger partial charge in [0.05, 0.1) is 57.0 Å². The van der Waals surface area contributed by atoms with Gasteiger partial charge in [-0.3, -0.25) is 9.13 Å². The van der Waals surface area contributed by atoms with Gasteiger partial charge in [-0.1, -0.05) is 48.5 Å². The van der Waals surface area contributed by atoms with E-state index in [9.17, 15) is 15.8 Å². The van der Waals surface area contributed by atoms with Gasteiger partial charge in [-0.2, -0.15) is 15.8 Å². The van der Waals surface area contributed by atoms with Crippen LogP contribution >= 0.6 is 0 Å². The fraction of sp³-hybridized carbons (Fsp3) is 0. The van der Waals surface area contributed by atoms with Crippen molar-refractivity contribution < 1.29 is 0 Å². The Morgan fingerprint density at radius 1 is 0.409 bits per heavy atom. The summed E-state index contributed by atoms with van der Waals surface area (Å²) in [5.74, 6) is 1.44. The molecule has 0 bridgehead atoms. The second-order valence-corrected chi connectivity index (χ2v) is 10.7. The van der Waals surface area contributed by atoms with Crippen molar-refractivity contribution in [3.05, 3.63) is 138 Å². The summed E-state index contributed by atoms with van der Waals surface area (Å²) >= 11 is 0.